The summed E-state index contributed by atoms with van der Waals surface area (Å²) in [4.78, 5) is 35.6. The number of fused-ring (bicyclic) bond motifs is 1. The second-order valence-corrected chi connectivity index (χ2v) is 7.04. The lowest BCUT2D eigenvalue weighted by Crippen LogP contribution is -2.47. The van der Waals surface area contributed by atoms with E-state index in [-0.39, 0.29) is 18.9 Å². The Kier molecular flexibility index (Phi) is 5.16. The van der Waals surface area contributed by atoms with E-state index in [4.69, 9.17) is 5.73 Å². The number of benzodiazepines with no additional fused rings is 1. The van der Waals surface area contributed by atoms with Gasteiger partial charge in [-0.3, -0.25) is 19.6 Å². The molecule has 3 rings (SSSR count). The van der Waals surface area contributed by atoms with Crippen molar-refractivity contribution in [3.8, 4) is 0 Å². The van der Waals surface area contributed by atoms with E-state index >= 15 is 0 Å². The van der Waals surface area contributed by atoms with Crippen LogP contribution in [0, 0.1) is 5.41 Å². The molecule has 1 amide bonds. The first-order valence-electron chi connectivity index (χ1n) is 8.65. The molecule has 0 saturated heterocycles. The van der Waals surface area contributed by atoms with Crippen molar-refractivity contribution in [2.75, 3.05) is 18.1 Å². The quantitative estimate of drug-likeness (QED) is 0.825. The zero-order valence-corrected chi connectivity index (χ0v) is 15.3. The average Bonchev–Trinajstić information content (AvgIpc) is 2.79. The number of para-hydroxylation sites is 1. The molecular formula is C20H22N4O3. The molecule has 1 aromatic carbocycles. The van der Waals surface area contributed by atoms with Crippen LogP contribution < -0.4 is 10.6 Å². The van der Waals surface area contributed by atoms with E-state index in [2.05, 4.69) is 9.98 Å². The first kappa shape index (κ1) is 18.9. The lowest BCUT2D eigenvalue weighted by atomic mass is 9.88. The van der Waals surface area contributed by atoms with E-state index < -0.39 is 17.5 Å². The maximum atomic E-state index is 12.9. The van der Waals surface area contributed by atoms with Crippen molar-refractivity contribution in [1.82, 2.24) is 4.98 Å². The summed E-state index contributed by atoms with van der Waals surface area (Å²) in [7, 11) is 0. The van der Waals surface area contributed by atoms with Crippen LogP contribution in [-0.4, -0.2) is 46.8 Å². The number of aliphatic hydroxyl groups excluding tert-OH is 1. The number of hydrogen-bond acceptors (Lipinski definition) is 6. The van der Waals surface area contributed by atoms with Crippen molar-refractivity contribution in [2.24, 2.45) is 16.1 Å². The molecule has 0 aliphatic carbocycles. The molecule has 7 heteroatoms. The number of Topliss-reactive ketones (excluding diaryl/α,β-unsaturated/α-hetero) is 1. The van der Waals surface area contributed by atoms with Gasteiger partial charge in [-0.15, -0.1) is 0 Å². The highest BCUT2D eigenvalue weighted by molar-refractivity contribution is 6.20. The Balaban J connectivity index is 2.09. The van der Waals surface area contributed by atoms with Gasteiger partial charge in [-0.2, -0.15) is 0 Å². The predicted octanol–water partition coefficient (Wildman–Crippen LogP) is 1.14. The summed E-state index contributed by atoms with van der Waals surface area (Å²) >= 11 is 0. The molecule has 0 saturated carbocycles. The van der Waals surface area contributed by atoms with Crippen molar-refractivity contribution in [2.45, 2.75) is 20.0 Å². The summed E-state index contributed by atoms with van der Waals surface area (Å²) < 4.78 is 0. The number of hydrogen-bond donors (Lipinski definition) is 2. The zero-order valence-electron chi connectivity index (χ0n) is 15.3. The Hall–Kier alpha value is -2.90. The van der Waals surface area contributed by atoms with Crippen LogP contribution >= 0.6 is 0 Å². The maximum Gasteiger partial charge on any atom is 0.266 e. The lowest BCUT2D eigenvalue weighted by molar-refractivity contribution is -0.129. The average molecular weight is 366 g/mol. The lowest BCUT2D eigenvalue weighted by Gasteiger charge is -2.28. The molecule has 0 fully saturated rings. The number of amides is 1. The Labute approximate surface area is 157 Å². The third-order valence-electron chi connectivity index (χ3n) is 4.60. The fourth-order valence-corrected chi connectivity index (χ4v) is 2.77. The Morgan fingerprint density at radius 2 is 1.93 bits per heavy atom. The normalized spacial score (nSPS) is 17.2. The summed E-state index contributed by atoms with van der Waals surface area (Å²) in [6, 6.07) is 12.6. The van der Waals surface area contributed by atoms with E-state index in [0.29, 0.717) is 22.7 Å². The number of aliphatic hydroxyl groups is 1. The number of nitrogens with zero attached hydrogens (tertiary/aromatic N) is 3. The van der Waals surface area contributed by atoms with Gasteiger partial charge in [0.1, 0.15) is 0 Å². The molecule has 27 heavy (non-hydrogen) atoms. The van der Waals surface area contributed by atoms with Gasteiger partial charge in [0.2, 0.25) is 0 Å². The van der Waals surface area contributed by atoms with Gasteiger partial charge in [-0.25, -0.2) is 0 Å². The Morgan fingerprint density at radius 1 is 1.22 bits per heavy atom. The third-order valence-corrected chi connectivity index (χ3v) is 4.60. The van der Waals surface area contributed by atoms with E-state index in [9.17, 15) is 14.7 Å². The van der Waals surface area contributed by atoms with Crippen molar-refractivity contribution in [1.29, 1.82) is 0 Å². The Bertz CT molecular complexity index is 893. The summed E-state index contributed by atoms with van der Waals surface area (Å²) in [5.74, 6) is -0.739. The molecule has 3 N–H and O–H groups in total. The minimum absolute atomic E-state index is 0.192. The monoisotopic (exact) mass is 366 g/mol. The van der Waals surface area contributed by atoms with Crippen molar-refractivity contribution in [3.63, 3.8) is 0 Å². The van der Waals surface area contributed by atoms with Crippen LogP contribution in [0.2, 0.25) is 0 Å². The number of aliphatic imine (C=N–C) groups is 1. The molecular weight excluding hydrogens is 344 g/mol. The highest BCUT2D eigenvalue weighted by atomic mass is 16.3. The van der Waals surface area contributed by atoms with Crippen LogP contribution in [0.15, 0.2) is 53.7 Å². The summed E-state index contributed by atoms with van der Waals surface area (Å²) in [6.45, 7) is 2.78. The Morgan fingerprint density at radius 3 is 2.59 bits per heavy atom. The van der Waals surface area contributed by atoms with Gasteiger partial charge in [-0.05, 0) is 18.2 Å². The van der Waals surface area contributed by atoms with Gasteiger partial charge in [-0.1, -0.05) is 38.1 Å². The molecule has 2 aromatic rings. The fraction of sp³-hybridized carbons (Fsp3) is 0.300. The number of carbonyl (C=O) groups excluding carboxylic acids is 2. The van der Waals surface area contributed by atoms with Gasteiger partial charge in [0.05, 0.1) is 30.2 Å². The molecule has 1 aliphatic heterocycles. The highest BCUT2D eigenvalue weighted by Gasteiger charge is 2.35. The van der Waals surface area contributed by atoms with Crippen LogP contribution in [0.25, 0.3) is 0 Å². The number of aromatic nitrogens is 1. The van der Waals surface area contributed by atoms with E-state index in [0.717, 1.165) is 0 Å². The molecule has 0 spiro atoms. The fourth-order valence-electron chi connectivity index (χ4n) is 2.77. The van der Waals surface area contributed by atoms with Gasteiger partial charge in [0, 0.05) is 17.2 Å². The van der Waals surface area contributed by atoms with Gasteiger partial charge in [0.15, 0.2) is 11.9 Å². The predicted molar refractivity (Wildman–Crippen MR) is 103 cm³/mol. The molecule has 0 radical (unpaired) electrons. The minimum Gasteiger partial charge on any atom is -0.395 e. The molecule has 1 aliphatic rings. The zero-order chi connectivity index (χ0) is 19.6. The van der Waals surface area contributed by atoms with Crippen molar-refractivity contribution >= 4 is 23.1 Å². The molecule has 0 bridgehead atoms. The minimum atomic E-state index is -1.15. The summed E-state index contributed by atoms with van der Waals surface area (Å²) in [6.07, 6.45) is 0.489. The van der Waals surface area contributed by atoms with Gasteiger partial charge < -0.3 is 15.7 Å². The number of anilines is 1. The SMILES string of the molecule is CC(C)(CO)C(=O)CN1C(=O)[C@H](N)N=C(c2ccccn2)c2ccccc21. The second-order valence-electron chi connectivity index (χ2n) is 7.04. The molecule has 140 valence electrons. The topological polar surface area (TPSA) is 109 Å². The van der Waals surface area contributed by atoms with Crippen LogP contribution in [0.4, 0.5) is 5.69 Å². The van der Waals surface area contributed by atoms with Crippen LogP contribution in [-0.2, 0) is 9.59 Å². The number of nitrogens with two attached hydrogens (primary N) is 1. The van der Waals surface area contributed by atoms with Crippen molar-refractivity contribution in [3.05, 3.63) is 59.9 Å². The number of carbonyl (C=O) groups is 2. The third kappa shape index (κ3) is 3.65. The number of pyridine rings is 1. The number of rotatable bonds is 5. The highest BCUT2D eigenvalue weighted by Crippen LogP contribution is 2.28. The van der Waals surface area contributed by atoms with Crippen LogP contribution in [0.1, 0.15) is 25.1 Å². The van der Waals surface area contributed by atoms with Crippen molar-refractivity contribution < 1.29 is 14.7 Å². The summed E-state index contributed by atoms with van der Waals surface area (Å²) in [5, 5.41) is 9.47. The second kappa shape index (κ2) is 7.38. The maximum absolute atomic E-state index is 12.9. The van der Waals surface area contributed by atoms with Gasteiger partial charge >= 0.3 is 0 Å². The standard InChI is InChI=1S/C20H22N4O3/c1-20(2,12-25)16(26)11-24-15-9-4-3-7-13(15)17(23-18(21)19(24)27)14-8-5-6-10-22-14/h3-10,18,25H,11-12,21H2,1-2H3/t18-/m1/s1. The van der Waals surface area contributed by atoms with Crippen LogP contribution in [0.3, 0.4) is 0 Å². The largest absolute Gasteiger partial charge is 0.395 e. The van der Waals surface area contributed by atoms with E-state index in [1.165, 1.54) is 4.90 Å². The number of ketones is 1. The smallest absolute Gasteiger partial charge is 0.266 e. The van der Waals surface area contributed by atoms with Crippen LogP contribution in [0.5, 0.6) is 0 Å². The molecule has 7 nitrogen and oxygen atoms in total. The molecule has 2 heterocycles. The first-order valence-corrected chi connectivity index (χ1v) is 8.65. The first-order chi connectivity index (χ1) is 12.8. The number of benzene rings is 1. The summed E-state index contributed by atoms with van der Waals surface area (Å²) in [5.41, 5.74) is 7.38. The van der Waals surface area contributed by atoms with E-state index in [1.807, 2.05) is 18.2 Å². The molecule has 0 unspecified atom stereocenters. The molecule has 1 aromatic heterocycles. The van der Waals surface area contributed by atoms with Gasteiger partial charge in [0.25, 0.3) is 5.91 Å². The molecule has 1 atom stereocenters. The van der Waals surface area contributed by atoms with E-state index in [1.54, 1.807) is 44.3 Å².